The number of hydrogen-bond donors (Lipinski definition) is 0. The molecule has 0 saturated heterocycles. The second kappa shape index (κ2) is 12.6. The molecule has 7 aromatic carbocycles. The van der Waals surface area contributed by atoms with E-state index in [1.54, 1.807) is 0 Å². The SMILES string of the molecule is Fc1cc(F)c(Cn2c3ccccc3c3cc(N(c4ccccc4)c4ccc5c(c4)c4ccccc4n5Cc4cc(F)c(F)cc4F)ccc32)cc1F. The van der Waals surface area contributed by atoms with Crippen molar-refractivity contribution in [3.05, 3.63) is 186 Å². The van der Waals surface area contributed by atoms with Crippen molar-refractivity contribution in [2.24, 2.45) is 0 Å². The van der Waals surface area contributed by atoms with Crippen LogP contribution in [0.15, 0.2) is 140 Å². The van der Waals surface area contributed by atoms with Gasteiger partial charge in [-0.3, -0.25) is 0 Å². The summed E-state index contributed by atoms with van der Waals surface area (Å²) in [7, 11) is 0. The minimum Gasteiger partial charge on any atom is -0.336 e. The minimum absolute atomic E-state index is 0.00993. The van der Waals surface area contributed by atoms with Gasteiger partial charge in [0, 0.05) is 83.9 Å². The van der Waals surface area contributed by atoms with Crippen LogP contribution in [0.1, 0.15) is 11.1 Å². The van der Waals surface area contributed by atoms with Gasteiger partial charge in [0.1, 0.15) is 11.6 Å². The molecule has 0 aliphatic heterocycles. The molecule has 0 radical (unpaired) electrons. The van der Waals surface area contributed by atoms with Crippen molar-refractivity contribution in [2.45, 2.75) is 13.1 Å². The normalized spacial score (nSPS) is 11.7. The van der Waals surface area contributed by atoms with E-state index in [-0.39, 0.29) is 24.2 Å². The van der Waals surface area contributed by atoms with Crippen molar-refractivity contribution in [1.29, 1.82) is 0 Å². The minimum atomic E-state index is -1.24. The maximum atomic E-state index is 14.9. The van der Waals surface area contributed by atoms with Crippen LogP contribution >= 0.6 is 0 Å². The molecule has 0 unspecified atom stereocenters. The number of aromatic nitrogens is 2. The molecule has 0 aliphatic carbocycles. The maximum Gasteiger partial charge on any atom is 0.161 e. The number of anilines is 3. The Bertz CT molecular complexity index is 2700. The molecule has 0 atom stereocenters. The molecule has 9 rings (SSSR count). The van der Waals surface area contributed by atoms with Crippen molar-refractivity contribution in [1.82, 2.24) is 9.13 Å². The number of benzene rings is 7. The van der Waals surface area contributed by atoms with Crippen LogP contribution in [0.4, 0.5) is 43.4 Å². The Morgan fingerprint density at radius 3 is 1.21 bits per heavy atom. The number of halogens is 6. The third kappa shape index (κ3) is 5.47. The van der Waals surface area contributed by atoms with Gasteiger partial charge in [-0.15, -0.1) is 0 Å². The lowest BCUT2D eigenvalue weighted by Gasteiger charge is -2.26. The Kier molecular flexibility index (Phi) is 7.73. The van der Waals surface area contributed by atoms with Crippen molar-refractivity contribution in [3.63, 3.8) is 0 Å². The van der Waals surface area contributed by atoms with Gasteiger partial charge < -0.3 is 14.0 Å². The fourth-order valence-corrected chi connectivity index (χ4v) is 7.44. The summed E-state index contributed by atoms with van der Waals surface area (Å²) in [5, 5.41) is 3.58. The van der Waals surface area contributed by atoms with E-state index in [0.29, 0.717) is 12.1 Å². The Balaban J connectivity index is 1.20. The Morgan fingerprint density at radius 2 is 0.736 bits per heavy atom. The summed E-state index contributed by atoms with van der Waals surface area (Å²) < 4.78 is 89.5. The summed E-state index contributed by atoms with van der Waals surface area (Å²) in [4.78, 5) is 2.11. The summed E-state index contributed by atoms with van der Waals surface area (Å²) in [5.41, 5.74) is 5.79. The molecule has 0 amide bonds. The van der Waals surface area contributed by atoms with Gasteiger partial charge in [0.05, 0.1) is 13.1 Å². The number of hydrogen-bond acceptors (Lipinski definition) is 1. The molecule has 0 spiro atoms. The lowest BCUT2D eigenvalue weighted by atomic mass is 10.1. The Morgan fingerprint density at radius 1 is 0.340 bits per heavy atom. The second-order valence-corrected chi connectivity index (χ2v) is 13.0. The Hall–Kier alpha value is -6.48. The Labute approximate surface area is 299 Å². The van der Waals surface area contributed by atoms with Crippen molar-refractivity contribution in [2.75, 3.05) is 4.90 Å². The fourth-order valence-electron chi connectivity index (χ4n) is 7.44. The lowest BCUT2D eigenvalue weighted by molar-refractivity contribution is 0.489. The first-order valence-electron chi connectivity index (χ1n) is 16.9. The van der Waals surface area contributed by atoms with E-state index >= 15 is 0 Å². The second-order valence-electron chi connectivity index (χ2n) is 13.0. The van der Waals surface area contributed by atoms with Crippen LogP contribution in [0.2, 0.25) is 0 Å². The zero-order valence-electron chi connectivity index (χ0n) is 27.8. The molecule has 2 heterocycles. The van der Waals surface area contributed by atoms with Crippen LogP contribution in [0, 0.1) is 34.9 Å². The molecular formula is C44H27F6N3. The van der Waals surface area contributed by atoms with Crippen LogP contribution in [0.3, 0.4) is 0 Å². The predicted octanol–water partition coefficient (Wildman–Crippen LogP) is 12.3. The molecule has 0 saturated carbocycles. The van der Waals surface area contributed by atoms with Crippen LogP contribution in [-0.4, -0.2) is 9.13 Å². The number of para-hydroxylation sites is 3. The van der Waals surface area contributed by atoms with Gasteiger partial charge >= 0.3 is 0 Å². The molecule has 0 N–H and O–H groups in total. The van der Waals surface area contributed by atoms with E-state index < -0.39 is 34.9 Å². The molecule has 53 heavy (non-hydrogen) atoms. The zero-order chi connectivity index (χ0) is 36.4. The van der Waals surface area contributed by atoms with Gasteiger partial charge in [-0.25, -0.2) is 26.3 Å². The zero-order valence-corrected chi connectivity index (χ0v) is 27.8. The largest absolute Gasteiger partial charge is 0.336 e. The van der Waals surface area contributed by atoms with Crippen LogP contribution in [-0.2, 0) is 13.1 Å². The van der Waals surface area contributed by atoms with E-state index in [9.17, 15) is 26.3 Å². The standard InChI is InChI=1S/C44H27F6N3/c45-35-22-39(49)37(47)18-26(35)24-51-41-12-6-4-10-31(41)33-20-29(14-16-43(33)51)53(28-8-2-1-3-9-28)30-15-17-44-34(21-30)32-11-5-7-13-42(32)52(44)25-27-19-38(48)40(50)23-36(27)46/h1-23H,24-25H2. The first kappa shape index (κ1) is 32.4. The van der Waals surface area contributed by atoms with E-state index in [1.807, 2.05) is 112 Å². The third-order valence-electron chi connectivity index (χ3n) is 9.88. The third-order valence-corrected chi connectivity index (χ3v) is 9.88. The maximum absolute atomic E-state index is 14.9. The number of nitrogens with zero attached hydrogens (tertiary/aromatic N) is 3. The lowest BCUT2D eigenvalue weighted by Crippen LogP contribution is -2.10. The van der Waals surface area contributed by atoms with Gasteiger partial charge in [-0.1, -0.05) is 54.6 Å². The van der Waals surface area contributed by atoms with Gasteiger partial charge in [0.2, 0.25) is 0 Å². The average molecular weight is 712 g/mol. The highest BCUT2D eigenvalue weighted by Crippen LogP contribution is 2.41. The van der Waals surface area contributed by atoms with Gasteiger partial charge in [-0.05, 0) is 72.8 Å². The van der Waals surface area contributed by atoms with E-state index in [1.165, 1.54) is 0 Å². The summed E-state index contributed by atoms with van der Waals surface area (Å²) in [5.74, 6) is -6.35. The van der Waals surface area contributed by atoms with Crippen LogP contribution < -0.4 is 4.90 Å². The molecule has 0 aliphatic rings. The molecule has 260 valence electrons. The monoisotopic (exact) mass is 711 g/mol. The van der Waals surface area contributed by atoms with Crippen molar-refractivity contribution >= 4 is 60.7 Å². The van der Waals surface area contributed by atoms with E-state index in [4.69, 9.17) is 0 Å². The van der Waals surface area contributed by atoms with Gasteiger partial charge in [-0.2, -0.15) is 0 Å². The molecule has 9 heteroatoms. The summed E-state index contributed by atoms with van der Waals surface area (Å²) in [6.07, 6.45) is 0. The number of fused-ring (bicyclic) bond motifs is 6. The van der Waals surface area contributed by atoms with Gasteiger partial charge in [0.15, 0.2) is 23.3 Å². The predicted molar refractivity (Wildman–Crippen MR) is 198 cm³/mol. The quantitative estimate of drug-likeness (QED) is 0.118. The molecular weight excluding hydrogens is 684 g/mol. The van der Waals surface area contributed by atoms with E-state index in [2.05, 4.69) is 17.0 Å². The highest BCUT2D eigenvalue weighted by atomic mass is 19.2. The first-order valence-corrected chi connectivity index (χ1v) is 16.9. The highest BCUT2D eigenvalue weighted by molar-refractivity contribution is 6.11. The molecule has 3 nitrogen and oxygen atoms in total. The summed E-state index contributed by atoms with van der Waals surface area (Å²) >= 11 is 0. The highest BCUT2D eigenvalue weighted by Gasteiger charge is 2.21. The van der Waals surface area contributed by atoms with Crippen LogP contribution in [0.5, 0.6) is 0 Å². The topological polar surface area (TPSA) is 13.1 Å². The molecule has 2 aromatic heterocycles. The van der Waals surface area contributed by atoms with Gasteiger partial charge in [0.25, 0.3) is 0 Å². The molecule has 0 bridgehead atoms. The summed E-state index contributed by atoms with van der Waals surface area (Å²) in [6.45, 7) is -0.0199. The molecule has 9 aromatic rings. The van der Waals surface area contributed by atoms with Crippen LogP contribution in [0.25, 0.3) is 43.6 Å². The fraction of sp³-hybridized carbons (Fsp3) is 0.0455. The smallest absolute Gasteiger partial charge is 0.161 e. The van der Waals surface area contributed by atoms with Crippen molar-refractivity contribution < 1.29 is 26.3 Å². The first-order chi connectivity index (χ1) is 25.7. The van der Waals surface area contributed by atoms with Crippen molar-refractivity contribution in [3.8, 4) is 0 Å². The summed E-state index contributed by atoms with van der Waals surface area (Å²) in [6, 6.07) is 40.1. The number of rotatable bonds is 7. The molecule has 0 fully saturated rings. The average Bonchev–Trinajstić information content (AvgIpc) is 3.65. The van der Waals surface area contributed by atoms with E-state index in [0.717, 1.165) is 72.8 Å².